The summed E-state index contributed by atoms with van der Waals surface area (Å²) in [6.07, 6.45) is 0. The van der Waals surface area contributed by atoms with Gasteiger partial charge in [0.1, 0.15) is 6.61 Å². The Morgan fingerprint density at radius 3 is 2.00 bits per heavy atom. The van der Waals surface area contributed by atoms with Gasteiger partial charge in [-0.1, -0.05) is 30.3 Å². The molecule has 0 heterocycles. The number of benzene rings is 1. The molecule has 4 nitrogen and oxygen atoms in total. The Bertz CT molecular complexity index is 319. The lowest BCUT2D eigenvalue weighted by Crippen LogP contribution is -2.06. The normalized spacial score (nSPS) is 8.69. The van der Waals surface area contributed by atoms with Crippen molar-refractivity contribution in [3.63, 3.8) is 0 Å². The van der Waals surface area contributed by atoms with Gasteiger partial charge in [-0.25, -0.2) is 0 Å². The molecule has 0 spiro atoms. The van der Waals surface area contributed by atoms with Crippen LogP contribution in [-0.2, 0) is 14.3 Å². The van der Waals surface area contributed by atoms with Crippen molar-refractivity contribution in [2.45, 2.75) is 6.92 Å². The first-order valence-corrected chi connectivity index (χ1v) is 4.73. The summed E-state index contributed by atoms with van der Waals surface area (Å²) in [5.74, 6) is -0.224. The van der Waals surface area contributed by atoms with Gasteiger partial charge in [0.05, 0.1) is 7.11 Å². The lowest BCUT2D eigenvalue weighted by atomic mass is 10.1. The average Bonchev–Trinajstić information content (AvgIpc) is 2.31. The number of Topliss-reactive ketones (excluding diaryl/α,β-unsaturated/α-hetero) is 1. The van der Waals surface area contributed by atoms with Crippen LogP contribution in [0.5, 0.6) is 0 Å². The molecule has 0 fully saturated rings. The van der Waals surface area contributed by atoms with Crippen LogP contribution < -0.4 is 0 Å². The van der Waals surface area contributed by atoms with E-state index >= 15 is 0 Å². The van der Waals surface area contributed by atoms with Crippen molar-refractivity contribution in [2.24, 2.45) is 0 Å². The van der Waals surface area contributed by atoms with Crippen molar-refractivity contribution in [2.75, 3.05) is 20.8 Å². The van der Waals surface area contributed by atoms with E-state index in [2.05, 4.69) is 4.74 Å². The van der Waals surface area contributed by atoms with E-state index in [1.807, 2.05) is 18.2 Å². The van der Waals surface area contributed by atoms with Gasteiger partial charge in [0.25, 0.3) is 0 Å². The third-order valence-electron chi connectivity index (χ3n) is 1.66. The Morgan fingerprint density at radius 2 is 1.62 bits per heavy atom. The minimum absolute atomic E-state index is 0.0214. The zero-order valence-corrected chi connectivity index (χ0v) is 9.73. The Balaban J connectivity index is 0.000000385. The van der Waals surface area contributed by atoms with Gasteiger partial charge in [-0.3, -0.25) is 9.59 Å². The highest BCUT2D eigenvalue weighted by molar-refractivity contribution is 5.96. The molecule has 4 heteroatoms. The molecule has 0 N–H and O–H groups in total. The molecule has 0 aromatic heterocycles. The van der Waals surface area contributed by atoms with Crippen LogP contribution in [0.2, 0.25) is 0 Å². The van der Waals surface area contributed by atoms with Gasteiger partial charge >= 0.3 is 5.97 Å². The zero-order valence-electron chi connectivity index (χ0n) is 9.73. The average molecular weight is 224 g/mol. The topological polar surface area (TPSA) is 52.6 Å². The molecule has 0 amide bonds. The summed E-state index contributed by atoms with van der Waals surface area (Å²) >= 11 is 0. The fourth-order valence-corrected chi connectivity index (χ4v) is 0.838. The predicted molar refractivity (Wildman–Crippen MR) is 60.3 cm³/mol. The summed E-state index contributed by atoms with van der Waals surface area (Å²) in [5.41, 5.74) is 0.703. The van der Waals surface area contributed by atoms with Crippen molar-refractivity contribution in [1.82, 2.24) is 0 Å². The Morgan fingerprint density at radius 1 is 1.12 bits per heavy atom. The fourth-order valence-electron chi connectivity index (χ4n) is 0.838. The number of esters is 1. The van der Waals surface area contributed by atoms with Crippen LogP contribution in [0.3, 0.4) is 0 Å². The first-order valence-electron chi connectivity index (χ1n) is 4.73. The number of hydrogen-bond donors (Lipinski definition) is 0. The second-order valence-electron chi connectivity index (χ2n) is 2.92. The van der Waals surface area contributed by atoms with E-state index in [9.17, 15) is 9.59 Å². The molecular formula is C12H16O4. The molecule has 0 aliphatic carbocycles. The monoisotopic (exact) mass is 224 g/mol. The van der Waals surface area contributed by atoms with Crippen molar-refractivity contribution in [3.05, 3.63) is 35.9 Å². The molecule has 0 atom stereocenters. The van der Waals surface area contributed by atoms with Gasteiger partial charge in [0.2, 0.25) is 0 Å². The summed E-state index contributed by atoms with van der Waals surface area (Å²) in [4.78, 5) is 20.7. The number of rotatable bonds is 3. The van der Waals surface area contributed by atoms with E-state index in [0.717, 1.165) is 0 Å². The molecule has 0 aliphatic heterocycles. The molecule has 0 bridgehead atoms. The van der Waals surface area contributed by atoms with Crippen LogP contribution in [0.15, 0.2) is 30.3 Å². The van der Waals surface area contributed by atoms with Gasteiger partial charge < -0.3 is 9.47 Å². The van der Waals surface area contributed by atoms with Crippen LogP contribution in [0.1, 0.15) is 17.3 Å². The van der Waals surface area contributed by atoms with E-state index in [1.54, 1.807) is 12.1 Å². The van der Waals surface area contributed by atoms with E-state index < -0.39 is 0 Å². The van der Waals surface area contributed by atoms with Crippen LogP contribution in [0.25, 0.3) is 0 Å². The molecule has 0 aliphatic rings. The minimum atomic E-state index is -0.245. The number of hydrogen-bond acceptors (Lipinski definition) is 4. The predicted octanol–water partition coefficient (Wildman–Crippen LogP) is 1.70. The smallest absolute Gasteiger partial charge is 0.302 e. The maximum atomic E-state index is 11.1. The van der Waals surface area contributed by atoms with E-state index in [-0.39, 0.29) is 18.4 Å². The fraction of sp³-hybridized carbons (Fsp3) is 0.333. The Kier molecular flexibility index (Phi) is 7.71. The van der Waals surface area contributed by atoms with Crippen LogP contribution >= 0.6 is 0 Å². The number of carbonyl (C=O) groups is 2. The molecular weight excluding hydrogens is 208 g/mol. The number of methoxy groups -OCH3 is 2. The maximum absolute atomic E-state index is 11.1. The summed E-state index contributed by atoms with van der Waals surface area (Å²) in [6.45, 7) is 1.52. The molecule has 16 heavy (non-hydrogen) atoms. The van der Waals surface area contributed by atoms with Crippen molar-refractivity contribution in [3.8, 4) is 0 Å². The van der Waals surface area contributed by atoms with Gasteiger partial charge in [-0.15, -0.1) is 0 Å². The highest BCUT2D eigenvalue weighted by atomic mass is 16.5. The van der Waals surface area contributed by atoms with Gasteiger partial charge in [0, 0.05) is 19.6 Å². The summed E-state index contributed by atoms with van der Waals surface area (Å²) in [6, 6.07) is 9.11. The SMILES string of the molecule is COC(C)=O.COCC(=O)c1ccccc1. The molecule has 0 radical (unpaired) electrons. The summed E-state index contributed by atoms with van der Waals surface area (Å²) < 4.78 is 8.82. The lowest BCUT2D eigenvalue weighted by Gasteiger charge is -1.97. The third-order valence-corrected chi connectivity index (χ3v) is 1.66. The van der Waals surface area contributed by atoms with Gasteiger partial charge in [-0.2, -0.15) is 0 Å². The second-order valence-corrected chi connectivity index (χ2v) is 2.92. The summed E-state index contributed by atoms with van der Waals surface area (Å²) in [5, 5.41) is 0. The molecule has 1 aromatic rings. The van der Waals surface area contributed by atoms with Gasteiger partial charge in [-0.05, 0) is 0 Å². The van der Waals surface area contributed by atoms with Crippen molar-refractivity contribution in [1.29, 1.82) is 0 Å². The zero-order chi connectivity index (χ0) is 12.4. The van der Waals surface area contributed by atoms with Crippen LogP contribution in [-0.4, -0.2) is 32.6 Å². The minimum Gasteiger partial charge on any atom is -0.469 e. The highest BCUT2D eigenvalue weighted by Crippen LogP contribution is 1.99. The molecule has 0 unspecified atom stereocenters. The van der Waals surface area contributed by atoms with Crippen molar-refractivity contribution >= 4 is 11.8 Å². The molecule has 0 saturated carbocycles. The first-order chi connectivity index (χ1) is 7.61. The molecule has 1 rings (SSSR count). The largest absolute Gasteiger partial charge is 0.469 e. The quantitative estimate of drug-likeness (QED) is 0.579. The third kappa shape index (κ3) is 6.73. The number of ether oxygens (including phenoxy) is 2. The molecule has 1 aromatic carbocycles. The summed E-state index contributed by atoms with van der Waals surface area (Å²) in [7, 11) is 2.86. The molecule has 88 valence electrons. The van der Waals surface area contributed by atoms with E-state index in [4.69, 9.17) is 4.74 Å². The second kappa shape index (κ2) is 8.61. The first kappa shape index (κ1) is 14.3. The van der Waals surface area contributed by atoms with Crippen LogP contribution in [0.4, 0.5) is 0 Å². The van der Waals surface area contributed by atoms with E-state index in [1.165, 1.54) is 21.1 Å². The lowest BCUT2D eigenvalue weighted by molar-refractivity contribution is -0.137. The molecule has 0 saturated heterocycles. The maximum Gasteiger partial charge on any atom is 0.302 e. The van der Waals surface area contributed by atoms with Gasteiger partial charge in [0.15, 0.2) is 5.78 Å². The van der Waals surface area contributed by atoms with Crippen molar-refractivity contribution < 1.29 is 19.1 Å². The highest BCUT2D eigenvalue weighted by Gasteiger charge is 2.01. The number of carbonyl (C=O) groups excluding carboxylic acids is 2. The Hall–Kier alpha value is -1.68. The van der Waals surface area contributed by atoms with E-state index in [0.29, 0.717) is 5.56 Å². The number of ketones is 1. The standard InChI is InChI=1S/C9H10O2.C3H6O2/c1-11-7-9(10)8-5-3-2-4-6-8;1-3(4)5-2/h2-6H,7H2,1H3;1-2H3. The Labute approximate surface area is 95.2 Å². The van der Waals surface area contributed by atoms with Crippen LogP contribution in [0, 0.1) is 0 Å².